The van der Waals surface area contributed by atoms with Crippen LogP contribution >= 0.6 is 0 Å². The summed E-state index contributed by atoms with van der Waals surface area (Å²) in [6.45, 7) is 4.59. The number of rotatable bonds is 6. The number of aliphatic hydroxyl groups is 1. The molecule has 116 valence electrons. The molecular formula is C17H26N2O2. The van der Waals surface area contributed by atoms with E-state index in [1.807, 2.05) is 30.3 Å². The second-order valence-electron chi connectivity index (χ2n) is 6.37. The van der Waals surface area contributed by atoms with Crippen LogP contribution in [0, 0.1) is 11.8 Å². The van der Waals surface area contributed by atoms with Crippen molar-refractivity contribution in [2.45, 2.75) is 38.8 Å². The number of hydrogen-bond donors (Lipinski definition) is 2. The Balaban J connectivity index is 1.94. The topological polar surface area (TPSA) is 52.6 Å². The molecule has 0 radical (unpaired) electrons. The second kappa shape index (κ2) is 6.94. The summed E-state index contributed by atoms with van der Waals surface area (Å²) in [6.07, 6.45) is 1.76. The maximum absolute atomic E-state index is 12.3. The average molecular weight is 290 g/mol. The highest BCUT2D eigenvalue weighted by Crippen LogP contribution is 2.32. The number of nitrogens with one attached hydrogen (secondary N) is 1. The van der Waals surface area contributed by atoms with Crippen LogP contribution < -0.4 is 5.32 Å². The molecule has 0 spiro atoms. The molecule has 2 N–H and O–H groups in total. The molecule has 4 nitrogen and oxygen atoms in total. The van der Waals surface area contributed by atoms with Crippen LogP contribution in [0.15, 0.2) is 30.3 Å². The van der Waals surface area contributed by atoms with E-state index >= 15 is 0 Å². The van der Waals surface area contributed by atoms with E-state index in [2.05, 4.69) is 19.2 Å². The van der Waals surface area contributed by atoms with Gasteiger partial charge in [0.2, 0.25) is 0 Å². The van der Waals surface area contributed by atoms with E-state index in [0.717, 1.165) is 18.4 Å². The summed E-state index contributed by atoms with van der Waals surface area (Å²) in [7, 11) is 1.74. The zero-order valence-corrected chi connectivity index (χ0v) is 13.1. The van der Waals surface area contributed by atoms with Crippen molar-refractivity contribution in [1.82, 2.24) is 10.2 Å². The summed E-state index contributed by atoms with van der Waals surface area (Å²) >= 11 is 0. The molecule has 2 atom stereocenters. The first kappa shape index (κ1) is 15.8. The van der Waals surface area contributed by atoms with Gasteiger partial charge in [0, 0.05) is 13.6 Å². The number of amides is 2. The minimum absolute atomic E-state index is 0.0146. The molecule has 1 aliphatic carbocycles. The Morgan fingerprint density at radius 1 is 1.33 bits per heavy atom. The van der Waals surface area contributed by atoms with Crippen molar-refractivity contribution in [3.05, 3.63) is 35.9 Å². The van der Waals surface area contributed by atoms with Crippen molar-refractivity contribution >= 4 is 6.03 Å². The van der Waals surface area contributed by atoms with Gasteiger partial charge in [-0.2, -0.15) is 0 Å². The van der Waals surface area contributed by atoms with E-state index in [1.165, 1.54) is 0 Å². The number of likely N-dealkylation sites (N-methyl/N-ethyl adjacent to an activating group) is 1. The lowest BCUT2D eigenvalue weighted by molar-refractivity contribution is 0.112. The number of nitrogens with zero attached hydrogens (tertiary/aromatic N) is 1. The van der Waals surface area contributed by atoms with Crippen LogP contribution in [0.25, 0.3) is 0 Å². The van der Waals surface area contributed by atoms with Gasteiger partial charge in [-0.15, -0.1) is 0 Å². The van der Waals surface area contributed by atoms with Gasteiger partial charge in [0.1, 0.15) is 0 Å². The van der Waals surface area contributed by atoms with Gasteiger partial charge in [0.05, 0.1) is 12.1 Å². The molecule has 0 heterocycles. The number of aliphatic hydroxyl groups excluding tert-OH is 1. The lowest BCUT2D eigenvalue weighted by Gasteiger charge is -2.27. The lowest BCUT2D eigenvalue weighted by atomic mass is 9.96. The van der Waals surface area contributed by atoms with E-state index in [-0.39, 0.29) is 12.1 Å². The Hall–Kier alpha value is -1.55. The van der Waals surface area contributed by atoms with Gasteiger partial charge >= 0.3 is 6.03 Å². The quantitative estimate of drug-likeness (QED) is 0.846. The molecule has 2 unspecified atom stereocenters. The van der Waals surface area contributed by atoms with Gasteiger partial charge in [-0.3, -0.25) is 0 Å². The van der Waals surface area contributed by atoms with E-state index in [4.69, 9.17) is 0 Å². The second-order valence-corrected chi connectivity index (χ2v) is 6.37. The minimum atomic E-state index is -0.394. The normalized spacial score (nSPS) is 17.4. The number of carbonyl (C=O) groups is 1. The number of urea groups is 1. The van der Waals surface area contributed by atoms with Crippen molar-refractivity contribution in [2.75, 3.05) is 13.6 Å². The van der Waals surface area contributed by atoms with Crippen LogP contribution in [0.4, 0.5) is 4.79 Å². The van der Waals surface area contributed by atoms with Gasteiger partial charge < -0.3 is 15.3 Å². The zero-order chi connectivity index (χ0) is 15.4. The first-order chi connectivity index (χ1) is 9.99. The van der Waals surface area contributed by atoms with Gasteiger partial charge in [0.25, 0.3) is 0 Å². The monoisotopic (exact) mass is 290 g/mol. The molecule has 0 aliphatic heterocycles. The van der Waals surface area contributed by atoms with Crippen molar-refractivity contribution in [1.29, 1.82) is 0 Å². The molecule has 21 heavy (non-hydrogen) atoms. The largest absolute Gasteiger partial charge is 0.391 e. The van der Waals surface area contributed by atoms with Crippen LogP contribution in [0.1, 0.15) is 38.3 Å². The first-order valence-corrected chi connectivity index (χ1v) is 7.73. The van der Waals surface area contributed by atoms with Crippen molar-refractivity contribution in [3.8, 4) is 0 Å². The summed E-state index contributed by atoms with van der Waals surface area (Å²) in [6, 6.07) is 9.86. The van der Waals surface area contributed by atoms with Gasteiger partial charge in [0.15, 0.2) is 0 Å². The Kier molecular flexibility index (Phi) is 5.23. The third-order valence-electron chi connectivity index (χ3n) is 4.08. The Morgan fingerprint density at radius 3 is 2.48 bits per heavy atom. The van der Waals surface area contributed by atoms with Crippen molar-refractivity contribution in [2.24, 2.45) is 11.8 Å². The fourth-order valence-corrected chi connectivity index (χ4v) is 2.53. The smallest absolute Gasteiger partial charge is 0.317 e. The van der Waals surface area contributed by atoms with Crippen LogP contribution in [0.3, 0.4) is 0 Å². The summed E-state index contributed by atoms with van der Waals surface area (Å²) in [5.74, 6) is 0.688. The SMILES string of the molecule is CC(C)C(NC(=O)N(C)CC(O)C1CC1)c1ccccc1. The molecule has 2 rings (SSSR count). The highest BCUT2D eigenvalue weighted by atomic mass is 16.3. The zero-order valence-electron chi connectivity index (χ0n) is 13.1. The Bertz CT molecular complexity index is 457. The molecule has 1 saturated carbocycles. The van der Waals surface area contributed by atoms with Crippen LogP contribution in [0.2, 0.25) is 0 Å². The summed E-state index contributed by atoms with van der Waals surface area (Å²) in [4.78, 5) is 13.9. The Labute approximate surface area is 127 Å². The molecule has 1 aromatic rings. The van der Waals surface area contributed by atoms with Crippen LogP contribution in [-0.2, 0) is 0 Å². The van der Waals surface area contributed by atoms with E-state index in [1.54, 1.807) is 11.9 Å². The molecule has 2 amide bonds. The lowest BCUT2D eigenvalue weighted by Crippen LogP contribution is -2.44. The van der Waals surface area contributed by atoms with Gasteiger partial charge in [-0.05, 0) is 30.2 Å². The fraction of sp³-hybridized carbons (Fsp3) is 0.588. The fourth-order valence-electron chi connectivity index (χ4n) is 2.53. The maximum Gasteiger partial charge on any atom is 0.317 e. The highest BCUT2D eigenvalue weighted by molar-refractivity contribution is 5.74. The molecule has 1 fully saturated rings. The maximum atomic E-state index is 12.3. The predicted molar refractivity (Wildman–Crippen MR) is 83.9 cm³/mol. The molecular weight excluding hydrogens is 264 g/mol. The van der Waals surface area contributed by atoms with Crippen LogP contribution in [-0.4, -0.2) is 35.7 Å². The summed E-state index contributed by atoms with van der Waals surface area (Å²) < 4.78 is 0. The standard InChI is InChI=1S/C17H26N2O2/c1-12(2)16(14-7-5-4-6-8-14)18-17(21)19(3)11-15(20)13-9-10-13/h4-8,12-13,15-16,20H,9-11H2,1-3H3,(H,18,21). The molecule has 0 saturated heterocycles. The molecule has 1 aliphatic rings. The molecule has 0 aromatic heterocycles. The average Bonchev–Trinajstić information content (AvgIpc) is 3.29. The van der Waals surface area contributed by atoms with E-state index < -0.39 is 6.10 Å². The van der Waals surface area contributed by atoms with E-state index in [0.29, 0.717) is 18.4 Å². The van der Waals surface area contributed by atoms with Crippen molar-refractivity contribution in [3.63, 3.8) is 0 Å². The highest BCUT2D eigenvalue weighted by Gasteiger charge is 2.31. The van der Waals surface area contributed by atoms with Crippen LogP contribution in [0.5, 0.6) is 0 Å². The Morgan fingerprint density at radius 2 is 1.95 bits per heavy atom. The number of benzene rings is 1. The molecule has 0 bridgehead atoms. The third kappa shape index (κ3) is 4.46. The first-order valence-electron chi connectivity index (χ1n) is 7.73. The third-order valence-corrected chi connectivity index (χ3v) is 4.08. The summed E-state index contributed by atoms with van der Waals surface area (Å²) in [5, 5.41) is 13.0. The number of carbonyl (C=O) groups excluding carboxylic acids is 1. The van der Waals surface area contributed by atoms with Crippen molar-refractivity contribution < 1.29 is 9.90 Å². The molecule has 4 heteroatoms. The van der Waals surface area contributed by atoms with E-state index in [9.17, 15) is 9.90 Å². The number of hydrogen-bond acceptors (Lipinski definition) is 2. The summed E-state index contributed by atoms with van der Waals surface area (Å²) in [5.41, 5.74) is 1.11. The predicted octanol–water partition coefficient (Wildman–Crippen LogP) is 2.80. The minimum Gasteiger partial charge on any atom is -0.391 e. The van der Waals surface area contributed by atoms with Gasteiger partial charge in [-0.25, -0.2) is 4.79 Å². The van der Waals surface area contributed by atoms with Gasteiger partial charge in [-0.1, -0.05) is 44.2 Å². The molecule has 1 aromatic carbocycles.